The molecule has 382 valence electrons. The monoisotopic (exact) mass is 1020 g/mol. The molecular formula is C55H67N7O8S2. The van der Waals surface area contributed by atoms with Crippen LogP contribution in [0.25, 0.3) is 11.1 Å². The van der Waals surface area contributed by atoms with Gasteiger partial charge >= 0.3 is 12.1 Å². The molecule has 3 aliphatic rings. The summed E-state index contributed by atoms with van der Waals surface area (Å²) in [5.41, 5.74) is 6.64. The van der Waals surface area contributed by atoms with Crippen LogP contribution in [0.15, 0.2) is 119 Å². The first-order valence-electron chi connectivity index (χ1n) is 25.2. The van der Waals surface area contributed by atoms with Gasteiger partial charge in [-0.25, -0.2) is 23.0 Å². The number of amides is 4. The number of hydrogen-bond donors (Lipinski definition) is 3. The Bertz CT molecular complexity index is 2740. The van der Waals surface area contributed by atoms with Crippen molar-refractivity contribution in [2.75, 3.05) is 32.8 Å². The van der Waals surface area contributed by atoms with Crippen molar-refractivity contribution in [2.24, 2.45) is 17.0 Å². The maximum Gasteiger partial charge on any atom is 0.410 e. The number of hydrogen-bond acceptors (Lipinski definition) is 11. The molecule has 5 aromatic rings. The average Bonchev–Trinajstić information content (AvgIpc) is 4.20. The summed E-state index contributed by atoms with van der Waals surface area (Å²) >= 11 is 1.41. The fourth-order valence-electron chi connectivity index (χ4n) is 10.4. The molecule has 0 spiro atoms. The zero-order chi connectivity index (χ0) is 50.9. The van der Waals surface area contributed by atoms with Gasteiger partial charge in [0.05, 0.1) is 42.0 Å². The highest BCUT2D eigenvalue weighted by molar-refractivity contribution is 7.89. The van der Waals surface area contributed by atoms with E-state index in [1.165, 1.54) is 34.0 Å². The minimum absolute atomic E-state index is 0.0420. The molecule has 8 rings (SSSR count). The predicted octanol–water partition coefficient (Wildman–Crippen LogP) is 8.73. The van der Waals surface area contributed by atoms with Crippen molar-refractivity contribution >= 4 is 45.6 Å². The zero-order valence-corrected chi connectivity index (χ0v) is 43.2. The number of carbonyl (C=O) groups excluding carboxylic acids is 3. The van der Waals surface area contributed by atoms with E-state index >= 15 is 0 Å². The van der Waals surface area contributed by atoms with E-state index in [1.54, 1.807) is 26.8 Å². The Morgan fingerprint density at radius 1 is 0.931 bits per heavy atom. The molecule has 4 aromatic carbocycles. The third-order valence-electron chi connectivity index (χ3n) is 14.5. The smallest absolute Gasteiger partial charge is 0.410 e. The highest BCUT2D eigenvalue weighted by atomic mass is 32.2. The number of sulfonamides is 1. The Balaban J connectivity index is 0.933. The van der Waals surface area contributed by atoms with Gasteiger partial charge in [-0.3, -0.25) is 9.69 Å². The molecule has 15 nitrogen and oxygen atoms in total. The van der Waals surface area contributed by atoms with E-state index in [0.717, 1.165) is 53.5 Å². The summed E-state index contributed by atoms with van der Waals surface area (Å²) in [6, 6.07) is 29.7. The van der Waals surface area contributed by atoms with Crippen molar-refractivity contribution in [3.8, 4) is 11.1 Å². The molecule has 2 fully saturated rings. The molecule has 1 aromatic heterocycles. The molecule has 1 aliphatic heterocycles. The van der Waals surface area contributed by atoms with Gasteiger partial charge in [0.1, 0.15) is 17.7 Å². The lowest BCUT2D eigenvalue weighted by Crippen LogP contribution is -2.57. The first-order valence-corrected chi connectivity index (χ1v) is 27.5. The lowest BCUT2D eigenvalue weighted by Gasteiger charge is -2.35. The number of aliphatic hydroxyl groups excluding tert-OH is 1. The van der Waals surface area contributed by atoms with Crippen LogP contribution in [-0.4, -0.2) is 124 Å². The zero-order valence-electron chi connectivity index (χ0n) is 41.5. The molecule has 4 amide bonds. The van der Waals surface area contributed by atoms with Gasteiger partial charge in [0.2, 0.25) is 15.9 Å². The van der Waals surface area contributed by atoms with E-state index in [4.69, 9.17) is 14.9 Å². The van der Waals surface area contributed by atoms with E-state index in [9.17, 15) is 27.9 Å². The first kappa shape index (κ1) is 52.2. The van der Waals surface area contributed by atoms with Crippen LogP contribution in [0.4, 0.5) is 9.59 Å². The fraction of sp³-hybridized carbons (Fsp3) is 0.436. The van der Waals surface area contributed by atoms with Gasteiger partial charge < -0.3 is 30.2 Å². The van der Waals surface area contributed by atoms with E-state index in [0.29, 0.717) is 35.8 Å². The summed E-state index contributed by atoms with van der Waals surface area (Å²) in [4.78, 5) is 52.6. The molecule has 2 heterocycles. The lowest BCUT2D eigenvalue weighted by molar-refractivity contribution is -0.128. The summed E-state index contributed by atoms with van der Waals surface area (Å²) in [6.45, 7) is 9.05. The summed E-state index contributed by atoms with van der Waals surface area (Å²) < 4.78 is 36.0. The van der Waals surface area contributed by atoms with Crippen LogP contribution in [0.3, 0.4) is 0 Å². The lowest BCUT2D eigenvalue weighted by atomic mass is 9.95. The number of benzene rings is 4. The number of aromatic nitrogens is 1. The maximum atomic E-state index is 14.7. The van der Waals surface area contributed by atoms with Gasteiger partial charge in [-0.15, -0.1) is 11.3 Å². The number of fused-ring (bicyclic) bond motifs is 3. The van der Waals surface area contributed by atoms with E-state index in [-0.39, 0.29) is 73.9 Å². The summed E-state index contributed by atoms with van der Waals surface area (Å²) in [5.74, 6) is -0.628. The standard InChI is InChI=1S/C55H67N7O8S2/c1-5-38(4)52(53(64)58-49(29-39-15-7-6-8-16-39)50(63)33-60(31-41-17-9-10-18-41)72(68,69)43-25-23-40(24-26-43)30-56-67)61-28-27-59(54(61)65)32-42-36-71-51(57-42)34-62(37(2)3)55(66)70-35-48-46-21-13-11-19-44(46)45-20-12-14-22-47(45)48/h6-8,11-16,19-26,30,36-38,41,48-50,52,63,67H,5,9-10,17-18,27-29,31-35H2,1-4H3,(H,58,64)/t38-,49-,50-,52-/m0/s1. The van der Waals surface area contributed by atoms with Gasteiger partial charge in [-0.1, -0.05) is 129 Å². The van der Waals surface area contributed by atoms with Crippen molar-refractivity contribution in [3.05, 3.63) is 141 Å². The number of urea groups is 1. The number of thiazole rings is 1. The number of carbonyl (C=O) groups is 3. The normalized spacial score (nSPS) is 16.8. The topological polar surface area (TPSA) is 185 Å². The first-order chi connectivity index (χ1) is 34.7. The van der Waals surface area contributed by atoms with Crippen molar-refractivity contribution in [3.63, 3.8) is 0 Å². The van der Waals surface area contributed by atoms with Crippen LogP contribution >= 0.6 is 11.3 Å². The Kier molecular flexibility index (Phi) is 17.1. The van der Waals surface area contributed by atoms with E-state index < -0.39 is 40.2 Å². The highest BCUT2D eigenvalue weighted by Crippen LogP contribution is 2.44. The quantitative estimate of drug-likeness (QED) is 0.0347. The molecule has 0 radical (unpaired) electrons. The summed E-state index contributed by atoms with van der Waals surface area (Å²) in [5, 5.41) is 29.9. The third-order valence-corrected chi connectivity index (χ3v) is 17.2. The van der Waals surface area contributed by atoms with Crippen molar-refractivity contribution in [1.29, 1.82) is 0 Å². The molecule has 4 atom stereocenters. The second kappa shape index (κ2) is 23.6. The largest absolute Gasteiger partial charge is 0.448 e. The molecule has 17 heteroatoms. The second-order valence-electron chi connectivity index (χ2n) is 19.6. The third kappa shape index (κ3) is 12.0. The van der Waals surface area contributed by atoms with Crippen molar-refractivity contribution < 1.29 is 37.9 Å². The Labute approximate surface area is 427 Å². The van der Waals surface area contributed by atoms with Gasteiger partial charge in [0, 0.05) is 43.5 Å². The minimum atomic E-state index is -4.10. The molecule has 0 bridgehead atoms. The Morgan fingerprint density at radius 3 is 2.22 bits per heavy atom. The van der Waals surface area contributed by atoms with Crippen LogP contribution in [0.2, 0.25) is 0 Å². The SMILES string of the molecule is CC[C@H](C)[C@@H](C(=O)N[C@@H](Cc1ccccc1)[C@@H](O)CN(CC1CCCC1)S(=O)(=O)c1ccc(C=NO)cc1)N1CCN(Cc2csc(CN(C(=O)OCC3c4ccccc4-c4ccccc43)C(C)C)n2)C1=O. The number of aliphatic hydroxyl groups is 1. The minimum Gasteiger partial charge on any atom is -0.448 e. The van der Waals surface area contributed by atoms with E-state index in [2.05, 4.69) is 34.7 Å². The molecular weight excluding hydrogens is 951 g/mol. The van der Waals surface area contributed by atoms with Crippen LogP contribution < -0.4 is 5.32 Å². The number of oxime groups is 1. The number of nitrogens with one attached hydrogen (secondary N) is 1. The van der Waals surface area contributed by atoms with Gasteiger partial charge in [-0.05, 0) is 90.5 Å². The highest BCUT2D eigenvalue weighted by Gasteiger charge is 2.42. The molecule has 3 N–H and O–H groups in total. The van der Waals surface area contributed by atoms with Crippen molar-refractivity contribution in [1.82, 2.24) is 29.3 Å². The Morgan fingerprint density at radius 2 is 1.58 bits per heavy atom. The van der Waals surface area contributed by atoms with Crippen LogP contribution in [0.1, 0.15) is 98.7 Å². The predicted molar refractivity (Wildman–Crippen MR) is 278 cm³/mol. The number of ether oxygens (including phenoxy) is 1. The van der Waals surface area contributed by atoms with Gasteiger partial charge in [0.25, 0.3) is 0 Å². The molecule has 1 saturated carbocycles. The van der Waals surface area contributed by atoms with Crippen LogP contribution in [0, 0.1) is 11.8 Å². The second-order valence-corrected chi connectivity index (χ2v) is 22.5. The van der Waals surface area contributed by atoms with Gasteiger partial charge in [-0.2, -0.15) is 4.31 Å². The molecule has 0 unspecified atom stereocenters. The van der Waals surface area contributed by atoms with E-state index in [1.807, 2.05) is 87.7 Å². The van der Waals surface area contributed by atoms with Crippen LogP contribution in [0.5, 0.6) is 0 Å². The molecule has 72 heavy (non-hydrogen) atoms. The summed E-state index contributed by atoms with van der Waals surface area (Å²) in [6.07, 6.45) is 4.03. The number of rotatable bonds is 22. The summed E-state index contributed by atoms with van der Waals surface area (Å²) in [7, 11) is -4.10. The Hall–Kier alpha value is -6.14. The molecule has 1 saturated heterocycles. The average molecular weight is 1020 g/mol. The van der Waals surface area contributed by atoms with Crippen molar-refractivity contribution in [2.45, 2.75) is 114 Å². The van der Waals surface area contributed by atoms with Gasteiger partial charge in [0.15, 0.2) is 0 Å². The maximum absolute atomic E-state index is 14.7. The molecule has 2 aliphatic carbocycles. The fourth-order valence-corrected chi connectivity index (χ4v) is 12.7. The van der Waals surface area contributed by atoms with Crippen LogP contribution in [-0.2, 0) is 39.1 Å². The number of nitrogens with zero attached hydrogens (tertiary/aromatic N) is 6.